The van der Waals surface area contributed by atoms with Crippen LogP contribution in [0, 0.1) is 0 Å². The van der Waals surface area contributed by atoms with Crippen molar-refractivity contribution in [3.63, 3.8) is 0 Å². The quantitative estimate of drug-likeness (QED) is 0.621. The van der Waals surface area contributed by atoms with Crippen molar-refractivity contribution in [2.45, 2.75) is 0 Å². The summed E-state index contributed by atoms with van der Waals surface area (Å²) in [7, 11) is 1.50. The summed E-state index contributed by atoms with van der Waals surface area (Å²) in [6.07, 6.45) is 0. The lowest BCUT2D eigenvalue weighted by molar-refractivity contribution is 0.203. The van der Waals surface area contributed by atoms with E-state index >= 15 is 0 Å². The Kier molecular flexibility index (Phi) is 3.03. The molecule has 0 radical (unpaired) electrons. The third kappa shape index (κ3) is 2.95. The topological polar surface area (TPSA) is 125 Å². The van der Waals surface area contributed by atoms with Crippen LogP contribution in [0.25, 0.3) is 0 Å². The molecule has 0 fully saturated rings. The van der Waals surface area contributed by atoms with Gasteiger partial charge in [0, 0.05) is 7.11 Å². The summed E-state index contributed by atoms with van der Waals surface area (Å²) in [5, 5.41) is 7.18. The predicted octanol–water partition coefficient (Wildman–Crippen LogP) is -0.276. The van der Waals surface area contributed by atoms with Gasteiger partial charge in [0.15, 0.2) is 6.73 Å². The van der Waals surface area contributed by atoms with E-state index in [1.807, 2.05) is 0 Å². The summed E-state index contributed by atoms with van der Waals surface area (Å²) in [5.74, 6) is 0.0970. The van der Waals surface area contributed by atoms with E-state index in [9.17, 15) is 0 Å². The highest BCUT2D eigenvalue weighted by Gasteiger charge is 1.98. The molecule has 0 aliphatic heterocycles. The van der Waals surface area contributed by atoms with Crippen molar-refractivity contribution >= 4 is 17.8 Å². The van der Waals surface area contributed by atoms with Crippen molar-refractivity contribution in [1.29, 1.82) is 0 Å². The van der Waals surface area contributed by atoms with Crippen molar-refractivity contribution in [3.05, 3.63) is 0 Å². The zero-order valence-corrected chi connectivity index (χ0v) is 7.01. The first kappa shape index (κ1) is 9.26. The third-order valence-electron chi connectivity index (χ3n) is 1.01. The maximum absolute atomic E-state index is 5.29. The van der Waals surface area contributed by atoms with Gasteiger partial charge in [-0.1, -0.05) is 0 Å². The Morgan fingerprint density at radius 1 is 1.23 bits per heavy atom. The molecule has 0 amide bonds. The number of azo groups is 1. The molecule has 0 aliphatic carbocycles. The van der Waals surface area contributed by atoms with Gasteiger partial charge in [-0.3, -0.25) is 0 Å². The molecule has 1 aromatic heterocycles. The molecule has 0 bridgehead atoms. The van der Waals surface area contributed by atoms with E-state index in [0.717, 1.165) is 0 Å². The number of rotatable bonds is 3. The molecule has 0 saturated heterocycles. The zero-order valence-electron chi connectivity index (χ0n) is 7.01. The molecule has 13 heavy (non-hydrogen) atoms. The monoisotopic (exact) mass is 183 g/mol. The highest BCUT2D eigenvalue weighted by Crippen LogP contribution is 2.06. The molecule has 1 rings (SSSR count). The maximum atomic E-state index is 5.29. The van der Waals surface area contributed by atoms with Crippen LogP contribution in [0.4, 0.5) is 17.8 Å². The smallest absolute Gasteiger partial charge is 0.275 e. The van der Waals surface area contributed by atoms with Crippen LogP contribution in [0.15, 0.2) is 10.2 Å². The summed E-state index contributed by atoms with van der Waals surface area (Å²) in [4.78, 5) is 10.9. The minimum absolute atomic E-state index is 0.0128. The molecular formula is C5H9N7O. The average Bonchev–Trinajstić information content (AvgIpc) is 2.03. The number of aromatic nitrogens is 3. The van der Waals surface area contributed by atoms with Crippen LogP contribution in [0.2, 0.25) is 0 Å². The minimum Gasteiger partial charge on any atom is -0.368 e. The largest absolute Gasteiger partial charge is 0.368 e. The summed E-state index contributed by atoms with van der Waals surface area (Å²) in [6.45, 7) is 0.130. The molecule has 8 heteroatoms. The molecule has 0 spiro atoms. The van der Waals surface area contributed by atoms with E-state index in [2.05, 4.69) is 29.9 Å². The van der Waals surface area contributed by atoms with Gasteiger partial charge < -0.3 is 16.2 Å². The number of anilines is 2. The van der Waals surface area contributed by atoms with Crippen LogP contribution < -0.4 is 11.5 Å². The van der Waals surface area contributed by atoms with Gasteiger partial charge in [-0.2, -0.15) is 20.1 Å². The van der Waals surface area contributed by atoms with Crippen molar-refractivity contribution in [2.24, 2.45) is 10.2 Å². The summed E-state index contributed by atoms with van der Waals surface area (Å²) < 4.78 is 4.63. The standard InChI is InChI=1S/C5H9N7O/c1-13-2-8-12-5-10-3(6)9-4(7)11-5/h2H2,1H3,(H4,6,7,9,10,11). The van der Waals surface area contributed by atoms with Crippen LogP contribution in [0.3, 0.4) is 0 Å². The molecular weight excluding hydrogens is 174 g/mol. The van der Waals surface area contributed by atoms with Gasteiger partial charge in [0.1, 0.15) is 0 Å². The minimum atomic E-state index is 0.0128. The van der Waals surface area contributed by atoms with Gasteiger partial charge in [-0.25, -0.2) is 0 Å². The Bertz CT molecular complexity index is 292. The maximum Gasteiger partial charge on any atom is 0.275 e. The molecule has 0 saturated carbocycles. The molecule has 1 aromatic rings. The van der Waals surface area contributed by atoms with Crippen LogP contribution >= 0.6 is 0 Å². The van der Waals surface area contributed by atoms with Crippen LogP contribution in [-0.4, -0.2) is 28.8 Å². The molecule has 0 atom stereocenters. The first-order chi connectivity index (χ1) is 6.22. The highest BCUT2D eigenvalue weighted by molar-refractivity contribution is 5.32. The van der Waals surface area contributed by atoms with E-state index < -0.39 is 0 Å². The SMILES string of the molecule is COCN=Nc1nc(N)nc(N)n1. The van der Waals surface area contributed by atoms with Crippen molar-refractivity contribution < 1.29 is 4.74 Å². The first-order valence-electron chi connectivity index (χ1n) is 3.36. The molecule has 4 N–H and O–H groups in total. The molecule has 0 aliphatic rings. The number of nitrogen functional groups attached to an aromatic ring is 2. The fraction of sp³-hybridized carbons (Fsp3) is 0.400. The fourth-order valence-electron chi connectivity index (χ4n) is 0.592. The molecule has 8 nitrogen and oxygen atoms in total. The Morgan fingerprint density at radius 2 is 1.85 bits per heavy atom. The van der Waals surface area contributed by atoms with Crippen LogP contribution in [0.1, 0.15) is 0 Å². The van der Waals surface area contributed by atoms with Gasteiger partial charge in [-0.15, -0.1) is 5.11 Å². The normalized spacial score (nSPS) is 10.8. The number of hydrogen-bond donors (Lipinski definition) is 2. The van der Waals surface area contributed by atoms with E-state index in [-0.39, 0.29) is 24.6 Å². The molecule has 70 valence electrons. The highest BCUT2D eigenvalue weighted by atomic mass is 16.5. The molecule has 0 unspecified atom stereocenters. The second-order valence-corrected chi connectivity index (χ2v) is 2.01. The van der Waals surface area contributed by atoms with E-state index in [1.54, 1.807) is 0 Å². The Labute approximate surface area is 74.1 Å². The van der Waals surface area contributed by atoms with Crippen molar-refractivity contribution in [3.8, 4) is 0 Å². The van der Waals surface area contributed by atoms with Crippen LogP contribution in [0.5, 0.6) is 0 Å². The van der Waals surface area contributed by atoms with Crippen molar-refractivity contribution in [1.82, 2.24) is 15.0 Å². The van der Waals surface area contributed by atoms with Crippen LogP contribution in [-0.2, 0) is 4.74 Å². The number of nitrogens with two attached hydrogens (primary N) is 2. The predicted molar refractivity (Wildman–Crippen MR) is 45.0 cm³/mol. The Morgan fingerprint density at radius 3 is 2.38 bits per heavy atom. The summed E-state index contributed by atoms with van der Waals surface area (Å²) in [6, 6.07) is 0. The third-order valence-corrected chi connectivity index (χ3v) is 1.01. The molecule has 0 aromatic carbocycles. The summed E-state index contributed by atoms with van der Waals surface area (Å²) in [5.41, 5.74) is 10.6. The zero-order chi connectivity index (χ0) is 9.68. The number of nitrogens with zero attached hydrogens (tertiary/aromatic N) is 5. The lowest BCUT2D eigenvalue weighted by Gasteiger charge is -1.94. The summed E-state index contributed by atoms with van der Waals surface area (Å²) >= 11 is 0. The lowest BCUT2D eigenvalue weighted by atomic mass is 10.8. The number of hydrogen-bond acceptors (Lipinski definition) is 8. The van der Waals surface area contributed by atoms with Gasteiger partial charge >= 0.3 is 0 Å². The first-order valence-corrected chi connectivity index (χ1v) is 3.36. The Hall–Kier alpha value is -1.83. The van der Waals surface area contributed by atoms with Crippen molar-refractivity contribution in [2.75, 3.05) is 25.3 Å². The van der Waals surface area contributed by atoms with Gasteiger partial charge in [-0.05, 0) is 0 Å². The number of ether oxygens (including phenoxy) is 1. The Balaban J connectivity index is 2.77. The second-order valence-electron chi connectivity index (χ2n) is 2.01. The fourth-order valence-corrected chi connectivity index (χ4v) is 0.592. The van der Waals surface area contributed by atoms with E-state index in [0.29, 0.717) is 0 Å². The lowest BCUT2D eigenvalue weighted by Crippen LogP contribution is -2.01. The van der Waals surface area contributed by atoms with E-state index in [4.69, 9.17) is 11.5 Å². The van der Waals surface area contributed by atoms with E-state index in [1.165, 1.54) is 7.11 Å². The average molecular weight is 183 g/mol. The number of methoxy groups -OCH3 is 1. The van der Waals surface area contributed by atoms with Gasteiger partial charge in [0.05, 0.1) is 0 Å². The van der Waals surface area contributed by atoms with Gasteiger partial charge in [0.2, 0.25) is 11.9 Å². The second kappa shape index (κ2) is 4.26. The molecule has 1 heterocycles. The van der Waals surface area contributed by atoms with Gasteiger partial charge in [0.25, 0.3) is 5.95 Å².